The largest absolute Gasteiger partial charge is 0.457 e. The van der Waals surface area contributed by atoms with E-state index in [9.17, 15) is 20.1 Å². The van der Waals surface area contributed by atoms with Gasteiger partial charge in [0.05, 0.1) is 12.1 Å². The Hall–Kier alpha value is -2.60. The van der Waals surface area contributed by atoms with Gasteiger partial charge < -0.3 is 9.47 Å². The lowest BCUT2D eigenvalue weighted by Crippen LogP contribution is -2.60. The van der Waals surface area contributed by atoms with Crippen LogP contribution in [0.15, 0.2) is 24.3 Å². The lowest BCUT2D eigenvalue weighted by Gasteiger charge is -2.50. The Bertz CT molecular complexity index is 655. The lowest BCUT2D eigenvalue weighted by molar-refractivity contribution is -0.166. The third-order valence-corrected chi connectivity index (χ3v) is 5.25. The first-order chi connectivity index (χ1) is 10.9. The molecule has 6 nitrogen and oxygen atoms in total. The minimum atomic E-state index is -1.25. The molecule has 0 radical (unpaired) electrons. The zero-order valence-electron chi connectivity index (χ0n) is 12.9. The molecule has 2 bridgehead atoms. The number of ether oxygens (including phenoxy) is 2. The molecule has 23 heavy (non-hydrogen) atoms. The molecule has 0 N–H and O–H groups in total. The highest BCUT2D eigenvalue weighted by Crippen LogP contribution is 2.68. The molecule has 3 aliphatic carbocycles. The maximum atomic E-state index is 11.5. The molecule has 0 aromatic rings. The van der Waals surface area contributed by atoms with Crippen LogP contribution >= 0.6 is 0 Å². The highest BCUT2D eigenvalue weighted by atomic mass is 16.6. The van der Waals surface area contributed by atoms with Crippen LogP contribution in [-0.4, -0.2) is 24.1 Å². The van der Waals surface area contributed by atoms with E-state index in [1.165, 1.54) is 13.8 Å². The van der Waals surface area contributed by atoms with E-state index in [1.54, 1.807) is 12.2 Å². The van der Waals surface area contributed by atoms with Gasteiger partial charge in [-0.2, -0.15) is 10.5 Å². The monoisotopic (exact) mass is 312 g/mol. The van der Waals surface area contributed by atoms with Crippen molar-refractivity contribution in [1.29, 1.82) is 10.5 Å². The maximum absolute atomic E-state index is 11.5. The molecule has 6 atom stereocenters. The maximum Gasteiger partial charge on any atom is 0.303 e. The van der Waals surface area contributed by atoms with Crippen LogP contribution in [0.1, 0.15) is 20.3 Å². The van der Waals surface area contributed by atoms with Gasteiger partial charge in [-0.05, 0) is 18.6 Å². The molecular formula is C17H16N2O4. The van der Waals surface area contributed by atoms with Crippen molar-refractivity contribution in [3.63, 3.8) is 0 Å². The van der Waals surface area contributed by atoms with E-state index in [0.29, 0.717) is 6.42 Å². The third kappa shape index (κ3) is 1.72. The quantitative estimate of drug-likeness (QED) is 0.567. The SMILES string of the molecule is CC(=O)O[C@H]1C=C[C@H](OC(C)=O)[C@@]2(C#N)[C@H]3C=C[C@H](C3)[C@@]12C#N. The molecule has 1 saturated carbocycles. The van der Waals surface area contributed by atoms with Crippen LogP contribution in [0, 0.1) is 45.3 Å². The summed E-state index contributed by atoms with van der Waals surface area (Å²) >= 11 is 0. The normalized spacial score (nSPS) is 42.4. The molecule has 0 spiro atoms. The van der Waals surface area contributed by atoms with Gasteiger partial charge in [-0.15, -0.1) is 0 Å². The van der Waals surface area contributed by atoms with Crippen LogP contribution in [0.4, 0.5) is 0 Å². The van der Waals surface area contributed by atoms with Gasteiger partial charge in [-0.1, -0.05) is 12.2 Å². The zero-order valence-corrected chi connectivity index (χ0v) is 12.9. The summed E-state index contributed by atoms with van der Waals surface area (Å²) in [5.74, 6) is -1.47. The third-order valence-electron chi connectivity index (χ3n) is 5.25. The number of nitrogens with zero attached hydrogens (tertiary/aromatic N) is 2. The average molecular weight is 312 g/mol. The second kappa shape index (κ2) is 4.96. The molecule has 0 amide bonds. The van der Waals surface area contributed by atoms with Gasteiger partial charge in [0.2, 0.25) is 0 Å². The number of rotatable bonds is 2. The standard InChI is InChI=1S/C17H16N2O4/c1-10(20)22-14-5-6-15(23-11(2)21)17(9-19)13-4-3-12(7-13)16(14,17)8-18/h3-6,12-15H,7H2,1-2H3/t12-,13+,14-,15-,16+,17-/m0/s1. The Morgan fingerprint density at radius 2 is 1.30 bits per heavy atom. The molecule has 0 aromatic carbocycles. The van der Waals surface area contributed by atoms with E-state index in [0.717, 1.165) is 0 Å². The first-order valence-electron chi connectivity index (χ1n) is 7.46. The van der Waals surface area contributed by atoms with E-state index in [-0.39, 0.29) is 11.8 Å². The Morgan fingerprint density at radius 1 is 0.913 bits per heavy atom. The number of hydrogen-bond acceptors (Lipinski definition) is 6. The van der Waals surface area contributed by atoms with Gasteiger partial charge in [0.25, 0.3) is 0 Å². The van der Waals surface area contributed by atoms with E-state index >= 15 is 0 Å². The Balaban J connectivity index is 2.20. The van der Waals surface area contributed by atoms with Crippen LogP contribution < -0.4 is 0 Å². The number of allylic oxidation sites excluding steroid dienone is 2. The molecule has 3 rings (SSSR count). The van der Waals surface area contributed by atoms with E-state index in [4.69, 9.17) is 9.47 Å². The first kappa shape index (κ1) is 15.3. The van der Waals surface area contributed by atoms with Gasteiger partial charge in [0.15, 0.2) is 0 Å². The molecular weight excluding hydrogens is 296 g/mol. The Morgan fingerprint density at radius 3 is 1.61 bits per heavy atom. The molecule has 1 fully saturated rings. The van der Waals surface area contributed by atoms with Crippen LogP contribution in [0.5, 0.6) is 0 Å². The van der Waals surface area contributed by atoms with Crippen molar-refractivity contribution in [2.24, 2.45) is 22.7 Å². The number of esters is 2. The molecule has 3 aliphatic rings. The van der Waals surface area contributed by atoms with Gasteiger partial charge in [-0.3, -0.25) is 9.59 Å². The second-order valence-electron chi connectivity index (χ2n) is 6.24. The zero-order chi connectivity index (χ0) is 16.8. The molecule has 118 valence electrons. The van der Waals surface area contributed by atoms with Gasteiger partial charge >= 0.3 is 11.9 Å². The Kier molecular flexibility index (Phi) is 3.30. The van der Waals surface area contributed by atoms with E-state index in [1.807, 2.05) is 12.2 Å². The Labute approximate surface area is 134 Å². The number of carbonyl (C=O) groups excluding carboxylic acids is 2. The smallest absolute Gasteiger partial charge is 0.303 e. The molecule has 6 heteroatoms. The minimum absolute atomic E-state index is 0.218. The second-order valence-corrected chi connectivity index (χ2v) is 6.24. The average Bonchev–Trinajstić information content (AvgIpc) is 3.07. The summed E-state index contributed by atoms with van der Waals surface area (Å²) in [6.07, 6.45) is 5.89. The molecule has 0 heterocycles. The number of fused-ring (bicyclic) bond motifs is 5. The summed E-state index contributed by atoms with van der Waals surface area (Å²) in [4.78, 5) is 22.9. The van der Waals surface area contributed by atoms with Crippen LogP contribution in [0.25, 0.3) is 0 Å². The van der Waals surface area contributed by atoms with Gasteiger partial charge in [-0.25, -0.2) is 0 Å². The fourth-order valence-corrected chi connectivity index (χ4v) is 4.49. The van der Waals surface area contributed by atoms with Crippen molar-refractivity contribution in [3.05, 3.63) is 24.3 Å². The van der Waals surface area contributed by atoms with Gasteiger partial charge in [0, 0.05) is 25.7 Å². The van der Waals surface area contributed by atoms with Crippen LogP contribution in [0.2, 0.25) is 0 Å². The van der Waals surface area contributed by atoms with E-state index < -0.39 is 35.0 Å². The van der Waals surface area contributed by atoms with E-state index in [2.05, 4.69) is 12.1 Å². The topological polar surface area (TPSA) is 100 Å². The highest BCUT2D eigenvalue weighted by molar-refractivity contribution is 5.68. The lowest BCUT2D eigenvalue weighted by atomic mass is 9.52. The summed E-state index contributed by atoms with van der Waals surface area (Å²) < 4.78 is 10.7. The molecule has 0 saturated heterocycles. The number of carbonyl (C=O) groups is 2. The number of nitriles is 2. The molecule has 0 aliphatic heterocycles. The summed E-state index contributed by atoms with van der Waals surface area (Å²) in [5.41, 5.74) is -2.50. The summed E-state index contributed by atoms with van der Waals surface area (Å²) in [6, 6.07) is 4.54. The predicted molar refractivity (Wildman–Crippen MR) is 77.1 cm³/mol. The van der Waals surface area contributed by atoms with Crippen molar-refractivity contribution in [2.75, 3.05) is 0 Å². The van der Waals surface area contributed by atoms with Crippen molar-refractivity contribution < 1.29 is 19.1 Å². The van der Waals surface area contributed by atoms with Crippen molar-refractivity contribution in [3.8, 4) is 12.1 Å². The van der Waals surface area contributed by atoms with Crippen LogP contribution in [0.3, 0.4) is 0 Å². The highest BCUT2D eigenvalue weighted by Gasteiger charge is 2.75. The van der Waals surface area contributed by atoms with Crippen LogP contribution in [-0.2, 0) is 19.1 Å². The van der Waals surface area contributed by atoms with Crippen molar-refractivity contribution >= 4 is 11.9 Å². The van der Waals surface area contributed by atoms with Crippen molar-refractivity contribution in [2.45, 2.75) is 32.5 Å². The summed E-state index contributed by atoms with van der Waals surface area (Å²) in [5, 5.41) is 20.0. The fraction of sp³-hybridized carbons (Fsp3) is 0.529. The fourth-order valence-electron chi connectivity index (χ4n) is 4.49. The first-order valence-corrected chi connectivity index (χ1v) is 7.46. The summed E-state index contributed by atoms with van der Waals surface area (Å²) in [6.45, 7) is 2.54. The van der Waals surface area contributed by atoms with Gasteiger partial charge in [0.1, 0.15) is 23.0 Å². The summed E-state index contributed by atoms with van der Waals surface area (Å²) in [7, 11) is 0. The predicted octanol–water partition coefficient (Wildman–Crippen LogP) is 1.65. The minimum Gasteiger partial charge on any atom is -0.457 e. The van der Waals surface area contributed by atoms with Crippen molar-refractivity contribution in [1.82, 2.24) is 0 Å². The molecule has 0 aromatic heterocycles. The number of hydrogen-bond donors (Lipinski definition) is 0. The molecule has 0 unspecified atom stereocenters.